The summed E-state index contributed by atoms with van der Waals surface area (Å²) >= 11 is 0. The highest BCUT2D eigenvalue weighted by molar-refractivity contribution is 5.23. The van der Waals surface area contributed by atoms with Crippen molar-refractivity contribution in [3.63, 3.8) is 0 Å². The Balaban J connectivity index is 1.67. The molecule has 0 spiro atoms. The van der Waals surface area contributed by atoms with Crippen LogP contribution in [0.2, 0.25) is 0 Å². The van der Waals surface area contributed by atoms with Gasteiger partial charge >= 0.3 is 0 Å². The topological polar surface area (TPSA) is 54.2 Å². The highest BCUT2D eigenvalue weighted by Crippen LogP contribution is 2.22. The van der Waals surface area contributed by atoms with Crippen molar-refractivity contribution in [2.45, 2.75) is 19.4 Å². The zero-order valence-electron chi connectivity index (χ0n) is 11.7. The molecule has 1 aliphatic rings. The van der Waals surface area contributed by atoms with Gasteiger partial charge < -0.3 is 9.84 Å². The minimum atomic E-state index is 0.139. The maximum Gasteiger partial charge on any atom is 0.233 e. The van der Waals surface area contributed by atoms with Crippen molar-refractivity contribution in [2.75, 3.05) is 26.2 Å². The monoisotopic (exact) mass is 272 g/mol. The molecule has 0 aliphatic carbocycles. The molecule has 0 bridgehead atoms. The number of aromatic nitrogens is 2. The Kier molecular flexibility index (Phi) is 4.08. The van der Waals surface area contributed by atoms with Crippen LogP contribution in [-0.4, -0.2) is 41.2 Å². The van der Waals surface area contributed by atoms with Crippen LogP contribution >= 0.6 is 0 Å². The molecule has 1 unspecified atom stereocenters. The summed E-state index contributed by atoms with van der Waals surface area (Å²) in [5, 5.41) is 7.45. The van der Waals surface area contributed by atoms with Gasteiger partial charge in [0.15, 0.2) is 5.82 Å². The Morgan fingerprint density at radius 2 is 2.00 bits per heavy atom. The van der Waals surface area contributed by atoms with Crippen molar-refractivity contribution in [1.82, 2.24) is 20.4 Å². The molecule has 1 N–H and O–H groups in total. The largest absolute Gasteiger partial charge is 0.339 e. The molecule has 1 aromatic carbocycles. The molecule has 1 aromatic heterocycles. The first-order valence-electron chi connectivity index (χ1n) is 7.13. The quantitative estimate of drug-likeness (QED) is 0.916. The summed E-state index contributed by atoms with van der Waals surface area (Å²) in [6.45, 7) is 7.01. The average Bonchev–Trinajstić information content (AvgIpc) is 2.97. The molecule has 5 nitrogen and oxygen atoms in total. The van der Waals surface area contributed by atoms with Gasteiger partial charge in [0.2, 0.25) is 5.89 Å². The number of hydrogen-bond acceptors (Lipinski definition) is 5. The average molecular weight is 272 g/mol. The first-order valence-corrected chi connectivity index (χ1v) is 7.13. The fourth-order valence-electron chi connectivity index (χ4n) is 2.46. The molecule has 0 amide bonds. The standard InChI is InChI=1S/C15H20N4O/c1-12(13-5-3-2-4-6-13)15-17-14(18-20-15)11-19-9-7-16-8-10-19/h2-6,12,16H,7-11H2,1H3. The number of rotatable bonds is 4. The summed E-state index contributed by atoms with van der Waals surface area (Å²) in [7, 11) is 0. The maximum absolute atomic E-state index is 5.42. The Morgan fingerprint density at radius 3 is 2.75 bits per heavy atom. The Bertz CT molecular complexity index is 534. The second-order valence-electron chi connectivity index (χ2n) is 5.21. The van der Waals surface area contributed by atoms with Crippen molar-refractivity contribution >= 4 is 0 Å². The van der Waals surface area contributed by atoms with Crippen LogP contribution in [0.1, 0.15) is 30.1 Å². The van der Waals surface area contributed by atoms with Crippen LogP contribution in [0.25, 0.3) is 0 Å². The fraction of sp³-hybridized carbons (Fsp3) is 0.467. The van der Waals surface area contributed by atoms with E-state index in [2.05, 4.69) is 39.4 Å². The van der Waals surface area contributed by atoms with Crippen molar-refractivity contribution in [2.24, 2.45) is 0 Å². The van der Waals surface area contributed by atoms with Crippen molar-refractivity contribution < 1.29 is 4.52 Å². The molecule has 2 aromatic rings. The van der Waals surface area contributed by atoms with E-state index in [-0.39, 0.29) is 5.92 Å². The van der Waals surface area contributed by atoms with E-state index in [9.17, 15) is 0 Å². The van der Waals surface area contributed by atoms with Gasteiger partial charge in [-0.05, 0) is 12.5 Å². The third-order valence-electron chi connectivity index (χ3n) is 3.73. The van der Waals surface area contributed by atoms with E-state index < -0.39 is 0 Å². The normalized spacial score (nSPS) is 18.1. The van der Waals surface area contributed by atoms with E-state index in [0.717, 1.165) is 38.5 Å². The van der Waals surface area contributed by atoms with Gasteiger partial charge in [-0.3, -0.25) is 4.90 Å². The zero-order valence-corrected chi connectivity index (χ0v) is 11.7. The SMILES string of the molecule is CC(c1ccccc1)c1nc(CN2CCNCC2)no1. The summed E-state index contributed by atoms with van der Waals surface area (Å²) in [6, 6.07) is 10.3. The van der Waals surface area contributed by atoms with Gasteiger partial charge in [0.25, 0.3) is 0 Å². The summed E-state index contributed by atoms with van der Waals surface area (Å²) in [4.78, 5) is 6.89. The van der Waals surface area contributed by atoms with E-state index in [1.54, 1.807) is 0 Å². The van der Waals surface area contributed by atoms with Gasteiger partial charge in [0, 0.05) is 26.2 Å². The van der Waals surface area contributed by atoms with E-state index in [0.29, 0.717) is 5.89 Å². The predicted octanol–water partition coefficient (Wildman–Crippen LogP) is 1.63. The zero-order chi connectivity index (χ0) is 13.8. The molecule has 1 saturated heterocycles. The lowest BCUT2D eigenvalue weighted by atomic mass is 10.0. The molecular formula is C15H20N4O. The molecule has 20 heavy (non-hydrogen) atoms. The third kappa shape index (κ3) is 3.05. The summed E-state index contributed by atoms with van der Waals surface area (Å²) in [5.41, 5.74) is 1.20. The van der Waals surface area contributed by atoms with Crippen LogP contribution in [0.5, 0.6) is 0 Å². The lowest BCUT2D eigenvalue weighted by Crippen LogP contribution is -2.43. The first kappa shape index (κ1) is 13.3. The molecule has 1 fully saturated rings. The Hall–Kier alpha value is -1.72. The predicted molar refractivity (Wildman–Crippen MR) is 76.4 cm³/mol. The molecule has 3 rings (SSSR count). The molecule has 106 valence electrons. The second kappa shape index (κ2) is 6.15. The summed E-state index contributed by atoms with van der Waals surface area (Å²) in [6.07, 6.45) is 0. The number of nitrogens with zero attached hydrogens (tertiary/aromatic N) is 3. The van der Waals surface area contributed by atoms with Crippen molar-refractivity contribution in [1.29, 1.82) is 0 Å². The summed E-state index contributed by atoms with van der Waals surface area (Å²) in [5.74, 6) is 1.62. The Morgan fingerprint density at radius 1 is 1.25 bits per heavy atom. The van der Waals surface area contributed by atoms with Crippen LogP contribution < -0.4 is 5.32 Å². The maximum atomic E-state index is 5.42. The molecular weight excluding hydrogens is 252 g/mol. The van der Waals surface area contributed by atoms with E-state index in [1.165, 1.54) is 5.56 Å². The molecule has 0 radical (unpaired) electrons. The highest BCUT2D eigenvalue weighted by atomic mass is 16.5. The van der Waals surface area contributed by atoms with Crippen molar-refractivity contribution in [3.05, 3.63) is 47.6 Å². The van der Waals surface area contributed by atoms with Gasteiger partial charge in [-0.25, -0.2) is 0 Å². The lowest BCUT2D eigenvalue weighted by molar-refractivity contribution is 0.224. The Labute approximate surface area is 119 Å². The smallest absolute Gasteiger partial charge is 0.233 e. The molecule has 1 aliphatic heterocycles. The van der Waals surface area contributed by atoms with Crippen LogP contribution in [0.4, 0.5) is 0 Å². The minimum absolute atomic E-state index is 0.139. The fourth-order valence-corrected chi connectivity index (χ4v) is 2.46. The molecule has 0 saturated carbocycles. The highest BCUT2D eigenvalue weighted by Gasteiger charge is 2.18. The van der Waals surface area contributed by atoms with Gasteiger partial charge in [0.1, 0.15) is 0 Å². The number of hydrogen-bond donors (Lipinski definition) is 1. The lowest BCUT2D eigenvalue weighted by Gasteiger charge is -2.25. The van der Waals surface area contributed by atoms with Crippen molar-refractivity contribution in [3.8, 4) is 0 Å². The molecule has 1 atom stereocenters. The van der Waals surface area contributed by atoms with Crippen LogP contribution in [0.15, 0.2) is 34.9 Å². The van der Waals surface area contributed by atoms with Crippen LogP contribution in [0, 0.1) is 0 Å². The third-order valence-corrected chi connectivity index (χ3v) is 3.73. The van der Waals surface area contributed by atoms with Crippen LogP contribution in [0.3, 0.4) is 0 Å². The first-order chi connectivity index (χ1) is 9.83. The minimum Gasteiger partial charge on any atom is -0.339 e. The number of nitrogens with one attached hydrogen (secondary N) is 1. The molecule has 2 heterocycles. The molecule has 5 heteroatoms. The van der Waals surface area contributed by atoms with Gasteiger partial charge in [0.05, 0.1) is 12.5 Å². The van der Waals surface area contributed by atoms with E-state index in [4.69, 9.17) is 4.52 Å². The second-order valence-corrected chi connectivity index (χ2v) is 5.21. The van der Waals surface area contributed by atoms with Gasteiger partial charge in [-0.1, -0.05) is 35.5 Å². The number of benzene rings is 1. The van der Waals surface area contributed by atoms with Gasteiger partial charge in [-0.2, -0.15) is 4.98 Å². The van der Waals surface area contributed by atoms with E-state index >= 15 is 0 Å². The summed E-state index contributed by atoms with van der Waals surface area (Å²) < 4.78 is 5.42. The van der Waals surface area contributed by atoms with E-state index in [1.807, 2.05) is 18.2 Å². The van der Waals surface area contributed by atoms with Crippen LogP contribution in [-0.2, 0) is 6.54 Å². The number of piperazine rings is 1. The van der Waals surface area contributed by atoms with Gasteiger partial charge in [-0.15, -0.1) is 0 Å².